The molecule has 1 aromatic carbocycles. The van der Waals surface area contributed by atoms with Gasteiger partial charge in [0, 0.05) is 9.86 Å². The standard InChI is InChI=1S/C13H10BrN3O3.C5H14NO/c1-2-5-3-6(14)4-7-8(5)11(18)9-10(15-7)13(20)17-16-12(9)19;1-6(2,3)4-5-7/h3-4H,2H2,1H3,(H,15,18)(H,16,19)(H,17,20);7H,4-5H2,1-3H3/q;+1. The van der Waals surface area contributed by atoms with Crippen LogP contribution in [-0.4, -0.2) is 59.1 Å². The molecule has 0 aliphatic heterocycles. The third kappa shape index (κ3) is 4.74. The highest BCUT2D eigenvalue weighted by Crippen LogP contribution is 2.22. The zero-order chi connectivity index (χ0) is 20.4. The van der Waals surface area contributed by atoms with Crippen molar-refractivity contribution in [2.24, 2.45) is 0 Å². The van der Waals surface area contributed by atoms with E-state index in [1.807, 2.05) is 13.0 Å². The maximum absolute atomic E-state index is 12.5. The number of pyridine rings is 1. The summed E-state index contributed by atoms with van der Waals surface area (Å²) in [6, 6.07) is 3.56. The van der Waals surface area contributed by atoms with Gasteiger partial charge in [-0.15, -0.1) is 0 Å². The minimum absolute atomic E-state index is 0.00796. The number of halogens is 1. The van der Waals surface area contributed by atoms with E-state index < -0.39 is 16.5 Å². The van der Waals surface area contributed by atoms with Crippen molar-refractivity contribution in [1.29, 1.82) is 0 Å². The summed E-state index contributed by atoms with van der Waals surface area (Å²) in [5.41, 5.74) is -0.219. The third-order valence-electron chi connectivity index (χ3n) is 4.04. The fourth-order valence-electron chi connectivity index (χ4n) is 2.67. The van der Waals surface area contributed by atoms with Gasteiger partial charge >= 0.3 is 0 Å². The predicted molar refractivity (Wildman–Crippen MR) is 110 cm³/mol. The lowest BCUT2D eigenvalue weighted by molar-refractivity contribution is -0.870. The van der Waals surface area contributed by atoms with E-state index in [0.29, 0.717) is 17.3 Å². The molecule has 146 valence electrons. The first-order valence-corrected chi connectivity index (χ1v) is 9.28. The molecule has 9 heteroatoms. The van der Waals surface area contributed by atoms with Gasteiger partial charge < -0.3 is 14.6 Å². The van der Waals surface area contributed by atoms with Crippen LogP contribution in [0.2, 0.25) is 0 Å². The third-order valence-corrected chi connectivity index (χ3v) is 4.50. The van der Waals surface area contributed by atoms with Gasteiger partial charge in [0.15, 0.2) is 0 Å². The minimum Gasteiger partial charge on any atom is -0.391 e. The van der Waals surface area contributed by atoms with E-state index in [4.69, 9.17) is 5.11 Å². The molecule has 0 atom stereocenters. The highest BCUT2D eigenvalue weighted by molar-refractivity contribution is 9.10. The Morgan fingerprint density at radius 2 is 1.67 bits per heavy atom. The van der Waals surface area contributed by atoms with Crippen molar-refractivity contribution < 1.29 is 9.59 Å². The van der Waals surface area contributed by atoms with Gasteiger partial charge in [0.25, 0.3) is 11.1 Å². The number of aromatic amines is 3. The molecule has 3 aromatic rings. The second-order valence-electron chi connectivity index (χ2n) is 7.19. The van der Waals surface area contributed by atoms with Gasteiger partial charge in [-0.1, -0.05) is 22.9 Å². The van der Waals surface area contributed by atoms with Crippen LogP contribution < -0.4 is 16.5 Å². The monoisotopic (exact) mass is 439 g/mol. The van der Waals surface area contributed by atoms with Crippen molar-refractivity contribution >= 4 is 37.7 Å². The Hall–Kier alpha value is -2.23. The molecule has 3 rings (SSSR count). The molecule has 0 saturated heterocycles. The summed E-state index contributed by atoms with van der Waals surface area (Å²) in [4.78, 5) is 39.0. The summed E-state index contributed by atoms with van der Waals surface area (Å²) >= 11 is 3.37. The van der Waals surface area contributed by atoms with Crippen molar-refractivity contribution in [3.8, 4) is 0 Å². The molecule has 0 amide bonds. The van der Waals surface area contributed by atoms with E-state index in [-0.39, 0.29) is 17.5 Å². The number of hydrogen-bond donors (Lipinski definition) is 4. The fraction of sp³-hybridized carbons (Fsp3) is 0.389. The van der Waals surface area contributed by atoms with Crippen molar-refractivity contribution in [1.82, 2.24) is 15.2 Å². The number of nitrogens with one attached hydrogen (secondary N) is 3. The number of aromatic nitrogens is 3. The smallest absolute Gasteiger partial charge is 0.287 e. The van der Waals surface area contributed by atoms with Gasteiger partial charge in [-0.3, -0.25) is 24.6 Å². The molecule has 0 fully saturated rings. The first-order chi connectivity index (χ1) is 12.6. The normalized spacial score (nSPS) is 11.5. The zero-order valence-corrected chi connectivity index (χ0v) is 17.4. The number of quaternary nitrogens is 1. The van der Waals surface area contributed by atoms with Crippen molar-refractivity contribution in [3.63, 3.8) is 0 Å². The number of benzene rings is 1. The number of H-pyrrole nitrogens is 3. The van der Waals surface area contributed by atoms with Gasteiger partial charge in [0.1, 0.15) is 17.4 Å². The van der Waals surface area contributed by atoms with Crippen LogP contribution in [0.5, 0.6) is 0 Å². The lowest BCUT2D eigenvalue weighted by atomic mass is 10.0. The lowest BCUT2D eigenvalue weighted by Gasteiger charge is -2.21. The number of likely N-dealkylation sites (N-methyl/N-ethyl adjacent to an activating group) is 1. The predicted octanol–water partition coefficient (Wildman–Crippen LogP) is 1.07. The Morgan fingerprint density at radius 1 is 1.04 bits per heavy atom. The summed E-state index contributed by atoms with van der Waals surface area (Å²) in [6.07, 6.45) is 0.644. The highest BCUT2D eigenvalue weighted by Gasteiger charge is 2.14. The molecule has 2 heterocycles. The quantitative estimate of drug-likeness (QED) is 0.360. The van der Waals surface area contributed by atoms with Gasteiger partial charge in [0.05, 0.1) is 33.3 Å². The van der Waals surface area contributed by atoms with Gasteiger partial charge in [0.2, 0.25) is 5.43 Å². The minimum atomic E-state index is -0.604. The molecular formula is C18H24BrN4O4+. The topological polar surface area (TPSA) is 119 Å². The Balaban J connectivity index is 0.000000321. The molecule has 0 radical (unpaired) electrons. The van der Waals surface area contributed by atoms with Crippen LogP contribution in [0.15, 0.2) is 31.0 Å². The number of nitrogens with zero attached hydrogens (tertiary/aromatic N) is 1. The SMILES string of the molecule is CCc1cc(Br)cc2[nH]c3c(=O)[nH][nH]c(=O)c3c(=O)c12.C[N+](C)(C)CCO. The fourth-order valence-corrected chi connectivity index (χ4v) is 3.18. The second kappa shape index (κ2) is 8.20. The van der Waals surface area contributed by atoms with E-state index in [9.17, 15) is 14.4 Å². The van der Waals surface area contributed by atoms with Crippen molar-refractivity contribution in [3.05, 3.63) is 53.1 Å². The number of rotatable bonds is 3. The average molecular weight is 440 g/mol. The van der Waals surface area contributed by atoms with Gasteiger partial charge in [-0.25, -0.2) is 0 Å². The molecule has 0 aliphatic rings. The van der Waals surface area contributed by atoms with Crippen LogP contribution in [0.4, 0.5) is 0 Å². The molecule has 27 heavy (non-hydrogen) atoms. The van der Waals surface area contributed by atoms with Crippen LogP contribution in [0.3, 0.4) is 0 Å². The van der Waals surface area contributed by atoms with Crippen LogP contribution >= 0.6 is 15.9 Å². The van der Waals surface area contributed by atoms with E-state index in [0.717, 1.165) is 21.1 Å². The Bertz CT molecular complexity index is 1140. The number of aryl methyl sites for hydroxylation is 1. The summed E-state index contributed by atoms with van der Waals surface area (Å²) in [6.45, 7) is 3.04. The molecule has 0 spiro atoms. The van der Waals surface area contributed by atoms with E-state index in [1.165, 1.54) is 0 Å². The number of fused-ring (bicyclic) bond motifs is 2. The molecule has 0 unspecified atom stereocenters. The number of aliphatic hydroxyl groups excluding tert-OH is 1. The van der Waals surface area contributed by atoms with Crippen molar-refractivity contribution in [2.75, 3.05) is 34.3 Å². The average Bonchev–Trinajstić information content (AvgIpc) is 2.56. The maximum Gasteiger partial charge on any atom is 0.287 e. The molecular weight excluding hydrogens is 416 g/mol. The first-order valence-electron chi connectivity index (χ1n) is 8.49. The van der Waals surface area contributed by atoms with Gasteiger partial charge in [-0.05, 0) is 24.1 Å². The molecule has 4 N–H and O–H groups in total. The van der Waals surface area contributed by atoms with Crippen LogP contribution in [0.25, 0.3) is 21.8 Å². The second-order valence-corrected chi connectivity index (χ2v) is 8.11. The van der Waals surface area contributed by atoms with Crippen LogP contribution in [0.1, 0.15) is 12.5 Å². The molecule has 2 aromatic heterocycles. The lowest BCUT2D eigenvalue weighted by Crippen LogP contribution is -2.36. The molecule has 0 saturated carbocycles. The summed E-state index contributed by atoms with van der Waals surface area (Å²) in [5.74, 6) is 0. The van der Waals surface area contributed by atoms with Crippen molar-refractivity contribution in [2.45, 2.75) is 13.3 Å². The molecule has 0 aliphatic carbocycles. The largest absolute Gasteiger partial charge is 0.391 e. The first kappa shape index (κ1) is 21.1. The number of aliphatic hydroxyl groups is 1. The number of hydrogen-bond acceptors (Lipinski definition) is 4. The van der Waals surface area contributed by atoms with Crippen LogP contribution in [0, 0.1) is 0 Å². The Kier molecular flexibility index (Phi) is 6.40. The Labute approximate surface area is 163 Å². The maximum atomic E-state index is 12.5. The van der Waals surface area contributed by atoms with Crippen LogP contribution in [-0.2, 0) is 6.42 Å². The van der Waals surface area contributed by atoms with E-state index in [2.05, 4.69) is 52.3 Å². The summed E-state index contributed by atoms with van der Waals surface area (Å²) in [7, 11) is 6.16. The highest BCUT2D eigenvalue weighted by atomic mass is 79.9. The summed E-state index contributed by atoms with van der Waals surface area (Å²) < 4.78 is 1.65. The molecule has 8 nitrogen and oxygen atoms in total. The van der Waals surface area contributed by atoms with Gasteiger partial charge in [-0.2, -0.15) is 0 Å². The van der Waals surface area contributed by atoms with E-state index in [1.54, 1.807) is 6.07 Å². The summed E-state index contributed by atoms with van der Waals surface area (Å²) in [5, 5.41) is 13.1. The Morgan fingerprint density at radius 3 is 2.19 bits per heavy atom. The molecule has 0 bridgehead atoms. The van der Waals surface area contributed by atoms with E-state index >= 15 is 0 Å². The zero-order valence-electron chi connectivity index (χ0n) is 15.8.